The van der Waals surface area contributed by atoms with E-state index in [0.29, 0.717) is 5.92 Å². The summed E-state index contributed by atoms with van der Waals surface area (Å²) in [6.45, 7) is 8.75. The third kappa shape index (κ3) is 3.32. The monoisotopic (exact) mass is 298 g/mol. The van der Waals surface area contributed by atoms with Crippen LogP contribution in [0, 0.1) is 0 Å². The Labute approximate surface area is 113 Å². The van der Waals surface area contributed by atoms with E-state index in [-0.39, 0.29) is 12.0 Å². The van der Waals surface area contributed by atoms with Crippen LogP contribution in [0.1, 0.15) is 57.6 Å². The lowest BCUT2D eigenvalue weighted by Gasteiger charge is -2.24. The van der Waals surface area contributed by atoms with E-state index in [1.165, 1.54) is 15.6 Å². The molecule has 0 aliphatic carbocycles. The van der Waals surface area contributed by atoms with Crippen LogP contribution in [0.25, 0.3) is 0 Å². The van der Waals surface area contributed by atoms with Crippen molar-refractivity contribution in [3.05, 3.63) is 33.8 Å². The van der Waals surface area contributed by atoms with E-state index in [0.717, 1.165) is 12.8 Å². The minimum Gasteiger partial charge on any atom is -0.395 e. The van der Waals surface area contributed by atoms with Crippen molar-refractivity contribution in [3.8, 4) is 0 Å². The van der Waals surface area contributed by atoms with E-state index in [1.807, 2.05) is 0 Å². The molecule has 0 atom stereocenters. The van der Waals surface area contributed by atoms with Gasteiger partial charge in [0.05, 0.1) is 6.61 Å². The summed E-state index contributed by atoms with van der Waals surface area (Å²) >= 11 is 3.67. The lowest BCUT2D eigenvalue weighted by atomic mass is 9.84. The fourth-order valence-electron chi connectivity index (χ4n) is 2.10. The van der Waals surface area contributed by atoms with Gasteiger partial charge in [-0.25, -0.2) is 0 Å². The average molecular weight is 299 g/mol. The zero-order chi connectivity index (χ0) is 13.1. The summed E-state index contributed by atoms with van der Waals surface area (Å²) in [4.78, 5) is 0. The highest BCUT2D eigenvalue weighted by atomic mass is 79.9. The van der Waals surface area contributed by atoms with Crippen molar-refractivity contribution in [3.63, 3.8) is 0 Å². The minimum atomic E-state index is -0.172. The highest BCUT2D eigenvalue weighted by Gasteiger charge is 2.21. The second kappa shape index (κ2) is 6.01. The molecule has 1 aromatic carbocycles. The summed E-state index contributed by atoms with van der Waals surface area (Å²) in [5.74, 6) is 0.621. The van der Waals surface area contributed by atoms with Crippen LogP contribution >= 0.6 is 15.9 Å². The maximum atomic E-state index is 9.39. The molecule has 0 fully saturated rings. The Hall–Kier alpha value is -0.340. The predicted molar refractivity (Wildman–Crippen MR) is 77.6 cm³/mol. The number of hydrogen-bond acceptors (Lipinski definition) is 1. The van der Waals surface area contributed by atoms with Gasteiger partial charge in [0.15, 0.2) is 0 Å². The summed E-state index contributed by atoms with van der Waals surface area (Å²) in [7, 11) is 0. The predicted octanol–water partition coefficient (Wildman–Crippen LogP) is 4.62. The molecule has 0 saturated heterocycles. The first-order valence-electron chi connectivity index (χ1n) is 6.37. The quantitative estimate of drug-likeness (QED) is 0.841. The van der Waals surface area contributed by atoms with Crippen LogP contribution < -0.4 is 0 Å². The van der Waals surface area contributed by atoms with Gasteiger partial charge < -0.3 is 5.11 Å². The van der Waals surface area contributed by atoms with E-state index in [4.69, 9.17) is 0 Å². The molecule has 1 N–H and O–H groups in total. The van der Waals surface area contributed by atoms with Gasteiger partial charge in [-0.05, 0) is 36.0 Å². The molecule has 1 rings (SSSR count). The smallest absolute Gasteiger partial charge is 0.0522 e. The van der Waals surface area contributed by atoms with Gasteiger partial charge in [-0.1, -0.05) is 55.8 Å². The van der Waals surface area contributed by atoms with Crippen LogP contribution in [0.3, 0.4) is 0 Å². The van der Waals surface area contributed by atoms with Gasteiger partial charge in [0.2, 0.25) is 0 Å². The fourth-order valence-corrected chi connectivity index (χ4v) is 2.80. The van der Waals surface area contributed by atoms with Gasteiger partial charge in [-0.2, -0.15) is 0 Å². The second-order valence-corrected chi connectivity index (χ2v) is 6.15. The van der Waals surface area contributed by atoms with Crippen LogP contribution in [0.5, 0.6) is 0 Å². The number of benzene rings is 1. The average Bonchev–Trinajstić information content (AvgIpc) is 2.32. The Balaban J connectivity index is 3.09. The van der Waals surface area contributed by atoms with Gasteiger partial charge >= 0.3 is 0 Å². The molecular formula is C15H23BrO. The van der Waals surface area contributed by atoms with Crippen LogP contribution in [0.4, 0.5) is 0 Å². The molecular weight excluding hydrogens is 276 g/mol. The summed E-state index contributed by atoms with van der Waals surface area (Å²) in [6.07, 6.45) is 2.33. The van der Waals surface area contributed by atoms with Gasteiger partial charge in [0.1, 0.15) is 0 Å². The summed E-state index contributed by atoms with van der Waals surface area (Å²) in [6, 6.07) is 6.51. The molecule has 1 nitrogen and oxygen atoms in total. The summed E-state index contributed by atoms with van der Waals surface area (Å²) < 4.78 is 1.17. The normalized spacial score (nSPS) is 12.2. The number of aliphatic hydroxyl groups excluding tert-OH is 1. The Bertz CT molecular complexity index is 367. The standard InChI is InChI=1S/C15H23BrO/c1-5-11(6-2)13-8-7-12(9-14(13)16)15(3,4)10-17/h7-9,11,17H,5-6,10H2,1-4H3. The van der Waals surface area contributed by atoms with Crippen molar-refractivity contribution in [2.75, 3.05) is 6.61 Å². The molecule has 0 aliphatic rings. The molecule has 0 aromatic heterocycles. The highest BCUT2D eigenvalue weighted by Crippen LogP contribution is 2.33. The molecule has 0 heterocycles. The Kier molecular flexibility index (Phi) is 5.21. The van der Waals surface area contributed by atoms with Gasteiger partial charge in [-0.3, -0.25) is 0 Å². The maximum Gasteiger partial charge on any atom is 0.0522 e. The van der Waals surface area contributed by atoms with Crippen molar-refractivity contribution in [1.29, 1.82) is 0 Å². The Morgan fingerprint density at radius 1 is 1.24 bits per heavy atom. The first kappa shape index (κ1) is 14.7. The Morgan fingerprint density at radius 3 is 2.24 bits per heavy atom. The fraction of sp³-hybridized carbons (Fsp3) is 0.600. The zero-order valence-electron chi connectivity index (χ0n) is 11.3. The molecule has 1 aromatic rings. The van der Waals surface area contributed by atoms with E-state index in [9.17, 15) is 5.11 Å². The molecule has 0 aliphatic heterocycles. The maximum absolute atomic E-state index is 9.39. The lowest BCUT2D eigenvalue weighted by Crippen LogP contribution is -2.22. The topological polar surface area (TPSA) is 20.2 Å². The van der Waals surface area contributed by atoms with Crippen molar-refractivity contribution in [2.24, 2.45) is 0 Å². The molecule has 0 unspecified atom stereocenters. The largest absolute Gasteiger partial charge is 0.395 e. The number of hydrogen-bond donors (Lipinski definition) is 1. The molecule has 0 amide bonds. The Morgan fingerprint density at radius 2 is 1.82 bits per heavy atom. The lowest BCUT2D eigenvalue weighted by molar-refractivity contribution is 0.218. The van der Waals surface area contributed by atoms with Crippen molar-refractivity contribution in [1.82, 2.24) is 0 Å². The molecule has 17 heavy (non-hydrogen) atoms. The highest BCUT2D eigenvalue weighted by molar-refractivity contribution is 9.10. The molecule has 96 valence electrons. The van der Waals surface area contributed by atoms with Crippen molar-refractivity contribution in [2.45, 2.75) is 51.9 Å². The number of aliphatic hydroxyl groups is 1. The molecule has 0 spiro atoms. The first-order chi connectivity index (χ1) is 7.96. The van der Waals surface area contributed by atoms with Crippen molar-refractivity contribution < 1.29 is 5.11 Å². The van der Waals surface area contributed by atoms with Crippen LogP contribution in [-0.2, 0) is 5.41 Å². The molecule has 0 radical (unpaired) electrons. The summed E-state index contributed by atoms with van der Waals surface area (Å²) in [5, 5.41) is 9.39. The van der Waals surface area contributed by atoms with Crippen LogP contribution in [0.15, 0.2) is 22.7 Å². The van der Waals surface area contributed by atoms with Gasteiger partial charge in [0, 0.05) is 9.89 Å². The van der Waals surface area contributed by atoms with Gasteiger partial charge in [-0.15, -0.1) is 0 Å². The van der Waals surface area contributed by atoms with Gasteiger partial charge in [0.25, 0.3) is 0 Å². The third-order valence-corrected chi connectivity index (χ3v) is 4.29. The van der Waals surface area contributed by atoms with E-state index < -0.39 is 0 Å². The molecule has 2 heteroatoms. The molecule has 0 saturated carbocycles. The SMILES string of the molecule is CCC(CC)c1ccc(C(C)(C)CO)cc1Br. The second-order valence-electron chi connectivity index (χ2n) is 5.29. The van der Waals surface area contributed by atoms with E-state index >= 15 is 0 Å². The zero-order valence-corrected chi connectivity index (χ0v) is 12.8. The first-order valence-corrected chi connectivity index (χ1v) is 7.16. The third-order valence-electron chi connectivity index (χ3n) is 3.60. The van der Waals surface area contributed by atoms with Crippen LogP contribution in [-0.4, -0.2) is 11.7 Å². The van der Waals surface area contributed by atoms with Crippen molar-refractivity contribution >= 4 is 15.9 Å². The molecule has 0 bridgehead atoms. The van der Waals surface area contributed by atoms with Crippen LogP contribution in [0.2, 0.25) is 0 Å². The summed E-state index contributed by atoms with van der Waals surface area (Å²) in [5.41, 5.74) is 2.39. The number of rotatable bonds is 5. The van der Waals surface area contributed by atoms with E-state index in [2.05, 4.69) is 61.8 Å². The number of halogens is 1. The minimum absolute atomic E-state index is 0.170. The van der Waals surface area contributed by atoms with E-state index in [1.54, 1.807) is 0 Å².